The Morgan fingerprint density at radius 3 is 2.39 bits per heavy atom. The lowest BCUT2D eigenvalue weighted by molar-refractivity contribution is -0.116. The molecule has 0 aliphatic rings. The van der Waals surface area contributed by atoms with E-state index < -0.39 is 0 Å². The summed E-state index contributed by atoms with van der Waals surface area (Å²) in [6, 6.07) is 7.67. The van der Waals surface area contributed by atoms with Gasteiger partial charge in [0.05, 0.1) is 5.69 Å². The van der Waals surface area contributed by atoms with Gasteiger partial charge in [-0.05, 0) is 44.4 Å². The average molecular weight is 401 g/mol. The van der Waals surface area contributed by atoms with Crippen molar-refractivity contribution in [3.8, 4) is 0 Å². The van der Waals surface area contributed by atoms with E-state index in [1.54, 1.807) is 0 Å². The second-order valence-electron chi connectivity index (χ2n) is 6.67. The van der Waals surface area contributed by atoms with Crippen molar-refractivity contribution in [3.05, 3.63) is 51.7 Å². The Balaban J connectivity index is 2.33. The molecule has 7 heteroatoms. The second-order valence-corrected chi connectivity index (χ2v) is 7.10. The maximum absolute atomic E-state index is 11.8. The van der Waals surface area contributed by atoms with Crippen molar-refractivity contribution >= 4 is 41.3 Å². The van der Waals surface area contributed by atoms with Gasteiger partial charge < -0.3 is 5.32 Å². The number of allylic oxidation sites excluding steroid dienone is 1. The quantitative estimate of drug-likeness (QED) is 0.700. The normalized spacial score (nSPS) is 11.2. The van der Waals surface area contributed by atoms with Gasteiger partial charge in [0, 0.05) is 23.9 Å². The summed E-state index contributed by atoms with van der Waals surface area (Å²) in [6.07, 6.45) is 3.80. The third-order valence-electron chi connectivity index (χ3n) is 3.95. The highest BCUT2D eigenvalue weighted by Crippen LogP contribution is 2.23. The molecule has 0 atom stereocenters. The van der Waals surface area contributed by atoms with Crippen LogP contribution in [0.2, 0.25) is 5.02 Å². The average Bonchev–Trinajstić information content (AvgIpc) is 2.60. The lowest BCUT2D eigenvalue weighted by Crippen LogP contribution is -2.17. The van der Waals surface area contributed by atoms with E-state index in [9.17, 15) is 9.59 Å². The van der Waals surface area contributed by atoms with Crippen LogP contribution in [0.5, 0.6) is 0 Å². The maximum atomic E-state index is 11.8. The Bertz CT molecular complexity index is 892. The molecule has 0 aliphatic heterocycles. The molecule has 2 amide bonds. The van der Waals surface area contributed by atoms with Crippen LogP contribution in [0.4, 0.5) is 11.8 Å². The van der Waals surface area contributed by atoms with Gasteiger partial charge >= 0.3 is 0 Å². The molecular formula is C21H25ClN4O2. The number of nitrogens with zero attached hydrogens (tertiary/aromatic N) is 2. The van der Waals surface area contributed by atoms with Gasteiger partial charge in [0.25, 0.3) is 0 Å². The van der Waals surface area contributed by atoms with Gasteiger partial charge in [-0.1, -0.05) is 42.3 Å². The Kier molecular flexibility index (Phi) is 7.70. The summed E-state index contributed by atoms with van der Waals surface area (Å²) in [7, 11) is 0. The van der Waals surface area contributed by atoms with Crippen LogP contribution in [0.1, 0.15) is 50.4 Å². The van der Waals surface area contributed by atoms with Crippen LogP contribution in [-0.2, 0) is 16.0 Å². The Morgan fingerprint density at radius 1 is 1.11 bits per heavy atom. The van der Waals surface area contributed by atoms with E-state index >= 15 is 0 Å². The number of hydrogen-bond acceptors (Lipinski definition) is 4. The Labute approximate surface area is 170 Å². The van der Waals surface area contributed by atoms with E-state index in [0.717, 1.165) is 29.5 Å². The highest BCUT2D eigenvalue weighted by atomic mass is 35.5. The Hall–Kier alpha value is -2.73. The summed E-state index contributed by atoms with van der Waals surface area (Å²) in [4.78, 5) is 32.2. The van der Waals surface area contributed by atoms with Gasteiger partial charge in [0.2, 0.25) is 17.8 Å². The standard InChI is InChI=1S/C21H25ClN4O2/c1-5-6-19(28)25-21-23-14(3)18(20(26-21)24-15(4)27)12-13(2)11-16-7-9-17(22)10-8-16/h7-10,12H,5-6,11H2,1-4H3,(H2,23,24,25,26,27,28). The van der Waals surface area contributed by atoms with Crippen LogP contribution in [0, 0.1) is 6.92 Å². The number of halogens is 1. The molecule has 0 bridgehead atoms. The first-order valence-electron chi connectivity index (χ1n) is 9.16. The zero-order chi connectivity index (χ0) is 20.7. The molecule has 0 aliphatic carbocycles. The van der Waals surface area contributed by atoms with Crippen molar-refractivity contribution < 1.29 is 9.59 Å². The molecule has 6 nitrogen and oxygen atoms in total. The molecule has 0 saturated carbocycles. The van der Waals surface area contributed by atoms with Gasteiger partial charge in [-0.25, -0.2) is 4.98 Å². The second kappa shape index (κ2) is 9.99. The van der Waals surface area contributed by atoms with Crippen LogP contribution >= 0.6 is 11.6 Å². The number of carbonyl (C=O) groups is 2. The van der Waals surface area contributed by atoms with Gasteiger partial charge in [-0.2, -0.15) is 4.98 Å². The van der Waals surface area contributed by atoms with Crippen LogP contribution < -0.4 is 10.6 Å². The first-order chi connectivity index (χ1) is 13.3. The number of benzene rings is 1. The predicted octanol–water partition coefficient (Wildman–Crippen LogP) is 4.78. The van der Waals surface area contributed by atoms with Crippen molar-refractivity contribution in [1.29, 1.82) is 0 Å². The molecule has 0 spiro atoms. The molecular weight excluding hydrogens is 376 g/mol. The third-order valence-corrected chi connectivity index (χ3v) is 4.20. The van der Waals surface area contributed by atoms with Crippen LogP contribution in [0.3, 0.4) is 0 Å². The van der Waals surface area contributed by atoms with Gasteiger partial charge in [-0.15, -0.1) is 0 Å². The van der Waals surface area contributed by atoms with Gasteiger partial charge in [-0.3, -0.25) is 14.9 Å². The summed E-state index contributed by atoms with van der Waals surface area (Å²) < 4.78 is 0. The highest BCUT2D eigenvalue weighted by Gasteiger charge is 2.13. The molecule has 28 heavy (non-hydrogen) atoms. The molecule has 148 valence electrons. The first-order valence-corrected chi connectivity index (χ1v) is 9.54. The van der Waals surface area contributed by atoms with Crippen molar-refractivity contribution in [2.75, 3.05) is 10.6 Å². The van der Waals surface area contributed by atoms with Gasteiger partial charge in [0.15, 0.2) is 0 Å². The fourth-order valence-corrected chi connectivity index (χ4v) is 2.83. The monoisotopic (exact) mass is 400 g/mol. The number of carbonyl (C=O) groups excluding carboxylic acids is 2. The maximum Gasteiger partial charge on any atom is 0.231 e. The zero-order valence-corrected chi connectivity index (χ0v) is 17.4. The summed E-state index contributed by atoms with van der Waals surface area (Å²) in [6.45, 7) is 7.17. The van der Waals surface area contributed by atoms with E-state index in [2.05, 4.69) is 20.6 Å². The zero-order valence-electron chi connectivity index (χ0n) is 16.6. The van der Waals surface area contributed by atoms with E-state index in [1.807, 2.05) is 51.1 Å². The van der Waals surface area contributed by atoms with E-state index in [1.165, 1.54) is 6.92 Å². The van der Waals surface area contributed by atoms with Crippen molar-refractivity contribution in [2.24, 2.45) is 0 Å². The summed E-state index contributed by atoms with van der Waals surface area (Å²) >= 11 is 5.94. The number of nitrogens with one attached hydrogen (secondary N) is 2. The number of aromatic nitrogens is 2. The number of anilines is 2. The van der Waals surface area contributed by atoms with E-state index in [4.69, 9.17) is 11.6 Å². The lowest BCUT2D eigenvalue weighted by Gasteiger charge is -2.13. The van der Waals surface area contributed by atoms with Crippen molar-refractivity contribution in [1.82, 2.24) is 9.97 Å². The molecule has 1 aromatic carbocycles. The molecule has 2 N–H and O–H groups in total. The number of rotatable bonds is 7. The molecule has 2 aromatic rings. The lowest BCUT2D eigenvalue weighted by atomic mass is 10.0. The molecule has 1 aromatic heterocycles. The largest absolute Gasteiger partial charge is 0.310 e. The number of amides is 2. The third kappa shape index (κ3) is 6.46. The summed E-state index contributed by atoms with van der Waals surface area (Å²) in [5.74, 6) is 0.168. The van der Waals surface area contributed by atoms with Crippen LogP contribution in [0.25, 0.3) is 6.08 Å². The number of hydrogen-bond donors (Lipinski definition) is 2. The van der Waals surface area contributed by atoms with Crippen molar-refractivity contribution in [2.45, 2.75) is 47.0 Å². The minimum atomic E-state index is -0.242. The fourth-order valence-electron chi connectivity index (χ4n) is 2.71. The molecule has 0 radical (unpaired) electrons. The smallest absolute Gasteiger partial charge is 0.231 e. The molecule has 0 saturated heterocycles. The SMILES string of the molecule is CCCC(=O)Nc1nc(C)c(C=C(C)Cc2ccc(Cl)cc2)c(NC(C)=O)n1. The summed E-state index contributed by atoms with van der Waals surface area (Å²) in [5.41, 5.74) is 3.58. The number of aryl methyl sites for hydroxylation is 1. The molecule has 0 fully saturated rings. The highest BCUT2D eigenvalue weighted by molar-refractivity contribution is 6.30. The minimum absolute atomic E-state index is 0.155. The first kappa shape index (κ1) is 21.6. The van der Waals surface area contributed by atoms with Crippen molar-refractivity contribution in [3.63, 3.8) is 0 Å². The minimum Gasteiger partial charge on any atom is -0.310 e. The molecule has 0 unspecified atom stereocenters. The Morgan fingerprint density at radius 2 is 1.79 bits per heavy atom. The van der Waals surface area contributed by atoms with Crippen LogP contribution in [-0.4, -0.2) is 21.8 Å². The topological polar surface area (TPSA) is 84.0 Å². The summed E-state index contributed by atoms with van der Waals surface area (Å²) in [5, 5.41) is 6.11. The van der Waals surface area contributed by atoms with E-state index in [0.29, 0.717) is 23.0 Å². The van der Waals surface area contributed by atoms with Crippen LogP contribution in [0.15, 0.2) is 29.8 Å². The van der Waals surface area contributed by atoms with Gasteiger partial charge in [0.1, 0.15) is 5.82 Å². The predicted molar refractivity (Wildman–Crippen MR) is 113 cm³/mol. The molecule has 2 rings (SSSR count). The molecule has 1 heterocycles. The van der Waals surface area contributed by atoms with E-state index in [-0.39, 0.29) is 17.8 Å². The fraction of sp³-hybridized carbons (Fsp3) is 0.333.